The summed E-state index contributed by atoms with van der Waals surface area (Å²) in [6.45, 7) is 5.87. The molecule has 2 aromatic heterocycles. The van der Waals surface area contributed by atoms with E-state index in [4.69, 9.17) is 0 Å². The molecule has 3 aromatic rings. The third-order valence-corrected chi connectivity index (χ3v) is 7.02. The van der Waals surface area contributed by atoms with Gasteiger partial charge in [-0.25, -0.2) is 0 Å². The first kappa shape index (κ1) is 19.3. The highest BCUT2D eigenvalue weighted by atomic mass is 16.1. The predicted molar refractivity (Wildman–Crippen MR) is 119 cm³/mol. The summed E-state index contributed by atoms with van der Waals surface area (Å²) < 4.78 is 2.41. The number of benzene rings is 1. The summed E-state index contributed by atoms with van der Waals surface area (Å²) in [7, 11) is 2.19. The van der Waals surface area contributed by atoms with E-state index in [2.05, 4.69) is 65.1 Å². The molecule has 1 fully saturated rings. The second-order valence-electron chi connectivity index (χ2n) is 9.22. The van der Waals surface area contributed by atoms with Crippen molar-refractivity contribution in [3.8, 4) is 0 Å². The number of likely N-dealkylation sites (N-methyl/N-ethyl adjacent to an activating group) is 1. The van der Waals surface area contributed by atoms with E-state index in [9.17, 15) is 4.79 Å². The minimum atomic E-state index is 0.0158. The summed E-state index contributed by atoms with van der Waals surface area (Å²) in [6, 6.07) is 11.5. The van der Waals surface area contributed by atoms with Crippen LogP contribution in [0.4, 0.5) is 0 Å². The lowest BCUT2D eigenvalue weighted by Crippen LogP contribution is -2.51. The Balaban J connectivity index is 1.41. The van der Waals surface area contributed by atoms with Gasteiger partial charge < -0.3 is 14.8 Å². The van der Waals surface area contributed by atoms with Gasteiger partial charge in [0.05, 0.1) is 5.92 Å². The highest BCUT2D eigenvalue weighted by molar-refractivity contribution is 5.89. The largest absolute Gasteiger partial charge is 0.352 e. The number of likely N-dealkylation sites (tertiary alicyclic amines) is 1. The van der Waals surface area contributed by atoms with Gasteiger partial charge in [0.2, 0.25) is 5.91 Å². The quantitative estimate of drug-likeness (QED) is 0.720. The second kappa shape index (κ2) is 7.55. The number of fused-ring (bicyclic) bond motifs is 2. The Labute approximate surface area is 178 Å². The van der Waals surface area contributed by atoms with Crippen molar-refractivity contribution < 1.29 is 4.79 Å². The van der Waals surface area contributed by atoms with Crippen molar-refractivity contribution in [2.45, 2.75) is 51.2 Å². The lowest BCUT2D eigenvalue weighted by molar-refractivity contribution is -0.127. The smallest absolute Gasteiger partial charge is 0.224 e. The Morgan fingerprint density at radius 1 is 1.23 bits per heavy atom. The molecule has 3 heterocycles. The highest BCUT2D eigenvalue weighted by Crippen LogP contribution is 2.45. The van der Waals surface area contributed by atoms with Crippen LogP contribution in [0.5, 0.6) is 0 Å². The molecular formula is C25H30N4O. The van der Waals surface area contributed by atoms with Crippen LogP contribution in [0.2, 0.25) is 0 Å². The molecule has 1 aliphatic carbocycles. The molecular weight excluding hydrogens is 372 g/mol. The topological polar surface area (TPSA) is 50.2 Å². The van der Waals surface area contributed by atoms with E-state index in [0.717, 1.165) is 24.9 Å². The fraction of sp³-hybridized carbons (Fsp3) is 0.440. The molecule has 1 saturated heterocycles. The van der Waals surface area contributed by atoms with E-state index in [-0.39, 0.29) is 11.8 Å². The molecule has 30 heavy (non-hydrogen) atoms. The van der Waals surface area contributed by atoms with Crippen LogP contribution < -0.4 is 5.32 Å². The van der Waals surface area contributed by atoms with Crippen LogP contribution in [0.25, 0.3) is 10.9 Å². The van der Waals surface area contributed by atoms with Crippen molar-refractivity contribution in [1.82, 2.24) is 19.8 Å². The molecule has 1 amide bonds. The van der Waals surface area contributed by atoms with Crippen molar-refractivity contribution in [1.29, 1.82) is 0 Å². The van der Waals surface area contributed by atoms with Crippen molar-refractivity contribution in [2.75, 3.05) is 13.6 Å². The normalized spacial score (nSPS) is 23.5. The maximum atomic E-state index is 13.0. The highest BCUT2D eigenvalue weighted by Gasteiger charge is 2.41. The molecule has 5 rings (SSSR count). The Hall–Kier alpha value is -2.66. The average Bonchev–Trinajstić information content (AvgIpc) is 3.13. The van der Waals surface area contributed by atoms with Crippen LogP contribution in [0.3, 0.4) is 0 Å². The molecule has 2 aliphatic rings. The van der Waals surface area contributed by atoms with E-state index in [1.165, 1.54) is 22.0 Å². The molecule has 1 aliphatic heterocycles. The fourth-order valence-corrected chi connectivity index (χ4v) is 5.53. The van der Waals surface area contributed by atoms with Gasteiger partial charge in [-0.1, -0.05) is 12.1 Å². The lowest BCUT2D eigenvalue weighted by Gasteiger charge is -2.45. The Kier molecular flexibility index (Phi) is 4.86. The average molecular weight is 403 g/mol. The van der Waals surface area contributed by atoms with E-state index in [1.54, 1.807) is 12.4 Å². The number of piperidine rings is 1. The predicted octanol–water partition coefficient (Wildman–Crippen LogP) is 3.89. The third kappa shape index (κ3) is 3.21. The van der Waals surface area contributed by atoms with E-state index in [0.29, 0.717) is 24.5 Å². The third-order valence-electron chi connectivity index (χ3n) is 7.02. The molecule has 0 radical (unpaired) electrons. The number of pyridine rings is 1. The monoisotopic (exact) mass is 402 g/mol. The summed E-state index contributed by atoms with van der Waals surface area (Å²) in [5.74, 6) is 0.580. The van der Waals surface area contributed by atoms with E-state index >= 15 is 0 Å². The zero-order valence-corrected chi connectivity index (χ0v) is 18.0. The molecule has 1 aromatic carbocycles. The molecule has 0 spiro atoms. The first-order valence-corrected chi connectivity index (χ1v) is 11.0. The lowest BCUT2D eigenvalue weighted by atomic mass is 9.72. The summed E-state index contributed by atoms with van der Waals surface area (Å²) in [6.07, 6.45) is 7.88. The fourth-order valence-electron chi connectivity index (χ4n) is 5.53. The maximum absolute atomic E-state index is 13.0. The van der Waals surface area contributed by atoms with Gasteiger partial charge in [-0.2, -0.15) is 0 Å². The minimum absolute atomic E-state index is 0.0158. The van der Waals surface area contributed by atoms with E-state index in [1.807, 2.05) is 12.1 Å². The Morgan fingerprint density at radius 2 is 2.03 bits per heavy atom. The van der Waals surface area contributed by atoms with Crippen molar-refractivity contribution in [3.63, 3.8) is 0 Å². The van der Waals surface area contributed by atoms with Gasteiger partial charge in [-0.05, 0) is 68.6 Å². The molecule has 5 nitrogen and oxygen atoms in total. The van der Waals surface area contributed by atoms with Gasteiger partial charge in [0.25, 0.3) is 0 Å². The maximum Gasteiger partial charge on any atom is 0.224 e. The van der Waals surface area contributed by atoms with E-state index < -0.39 is 0 Å². The van der Waals surface area contributed by atoms with Crippen LogP contribution in [0, 0.1) is 5.92 Å². The SMILES string of the molecule is CC(C)n1cc2c3c(cccc31)C1C[C@@H](C(=O)NCc3ccncc3)CN(C)[C@@H]1C2. The number of rotatable bonds is 4. The van der Waals surface area contributed by atoms with Gasteiger partial charge in [0.15, 0.2) is 0 Å². The Bertz CT molecular complexity index is 1070. The van der Waals surface area contributed by atoms with Crippen LogP contribution in [-0.4, -0.2) is 40.0 Å². The molecule has 1 unspecified atom stereocenters. The zero-order chi connectivity index (χ0) is 20.8. The van der Waals surface area contributed by atoms with Crippen LogP contribution in [-0.2, 0) is 17.8 Å². The first-order chi connectivity index (χ1) is 14.5. The van der Waals surface area contributed by atoms with Crippen molar-refractivity contribution in [3.05, 3.63) is 65.6 Å². The number of hydrogen-bond donors (Lipinski definition) is 1. The summed E-state index contributed by atoms with van der Waals surface area (Å²) in [5, 5.41) is 4.58. The van der Waals surface area contributed by atoms with Crippen molar-refractivity contribution in [2.24, 2.45) is 5.92 Å². The van der Waals surface area contributed by atoms with Gasteiger partial charge >= 0.3 is 0 Å². The number of hydrogen-bond acceptors (Lipinski definition) is 3. The summed E-state index contributed by atoms with van der Waals surface area (Å²) in [5.41, 5.74) is 5.31. The van der Waals surface area contributed by atoms with Gasteiger partial charge in [0.1, 0.15) is 0 Å². The van der Waals surface area contributed by atoms with Gasteiger partial charge in [-0.3, -0.25) is 9.78 Å². The number of carbonyl (C=O) groups is 1. The van der Waals surface area contributed by atoms with Crippen LogP contribution in [0.15, 0.2) is 48.9 Å². The number of nitrogens with zero attached hydrogens (tertiary/aromatic N) is 3. The summed E-state index contributed by atoms with van der Waals surface area (Å²) >= 11 is 0. The molecule has 0 bridgehead atoms. The molecule has 5 heteroatoms. The van der Waals surface area contributed by atoms with Crippen molar-refractivity contribution >= 4 is 16.8 Å². The minimum Gasteiger partial charge on any atom is -0.352 e. The zero-order valence-electron chi connectivity index (χ0n) is 18.0. The van der Waals surface area contributed by atoms with Crippen LogP contribution >= 0.6 is 0 Å². The molecule has 0 saturated carbocycles. The number of aromatic nitrogens is 2. The molecule has 3 atom stereocenters. The number of nitrogens with one attached hydrogen (secondary N) is 1. The standard InChI is InChI=1S/C25H30N4O/c1-16(2)29-15-18-12-23-21(20-5-4-6-22(29)24(18)20)11-19(14-28(23)3)25(30)27-13-17-7-9-26-10-8-17/h4-10,15-16,19,21,23H,11-14H2,1-3H3,(H,27,30)/t19-,21?,23-/m1/s1. The first-order valence-electron chi connectivity index (χ1n) is 11.0. The molecule has 156 valence electrons. The van der Waals surface area contributed by atoms with Crippen LogP contribution in [0.1, 0.15) is 48.9 Å². The second-order valence-corrected chi connectivity index (χ2v) is 9.22. The molecule has 1 N–H and O–H groups in total. The number of amides is 1. The summed E-state index contributed by atoms with van der Waals surface area (Å²) in [4.78, 5) is 19.5. The number of carbonyl (C=O) groups excluding carboxylic acids is 1. The Morgan fingerprint density at radius 3 is 2.80 bits per heavy atom. The van der Waals surface area contributed by atoms with Gasteiger partial charge in [0, 0.05) is 60.6 Å². The van der Waals surface area contributed by atoms with Gasteiger partial charge in [-0.15, -0.1) is 0 Å².